The molecule has 0 aromatic heterocycles. The average molecular weight is 354 g/mol. The van der Waals surface area contributed by atoms with E-state index in [0.717, 1.165) is 6.07 Å². The van der Waals surface area contributed by atoms with Gasteiger partial charge in [0.2, 0.25) is 0 Å². The van der Waals surface area contributed by atoms with Crippen LogP contribution in [-0.4, -0.2) is 20.4 Å². The van der Waals surface area contributed by atoms with Gasteiger partial charge in [0.1, 0.15) is 11.3 Å². The minimum Gasteiger partial charge on any atom is -0.506 e. The molecule has 0 bridgehead atoms. The molecule has 0 radical (unpaired) electrons. The van der Waals surface area contributed by atoms with Crippen LogP contribution in [0.5, 0.6) is 5.75 Å². The van der Waals surface area contributed by atoms with E-state index in [1.165, 1.54) is 12.2 Å². The molecule has 2 rings (SSSR count). The molecule has 0 saturated carbocycles. The molecule has 3 N–H and O–H groups in total. The minimum atomic E-state index is -1.83. The van der Waals surface area contributed by atoms with Crippen LogP contribution < -0.4 is 4.72 Å². The van der Waals surface area contributed by atoms with Gasteiger partial charge in [-0.15, -0.1) is 0 Å². The third-order valence-corrected chi connectivity index (χ3v) is 4.56. The van der Waals surface area contributed by atoms with Gasteiger partial charge in [0, 0.05) is 16.8 Å². The smallest absolute Gasteiger partial charge is 0.339 e. The predicted octanol–water partition coefficient (Wildman–Crippen LogP) is 3.38. The molecular weight excluding hydrogens is 340 g/mol. The fourth-order valence-electron chi connectivity index (χ4n) is 2.19. The van der Waals surface area contributed by atoms with Crippen molar-refractivity contribution < 1.29 is 19.2 Å². The summed E-state index contributed by atoms with van der Waals surface area (Å²) < 4.78 is 15.4. The molecule has 0 saturated heterocycles. The lowest BCUT2D eigenvalue weighted by Gasteiger charge is -2.14. The van der Waals surface area contributed by atoms with Crippen LogP contribution in [-0.2, 0) is 11.0 Å². The second-order valence-electron chi connectivity index (χ2n) is 4.87. The summed E-state index contributed by atoms with van der Waals surface area (Å²) in [7, 11) is -1.83. The van der Waals surface area contributed by atoms with Gasteiger partial charge >= 0.3 is 5.97 Å². The van der Waals surface area contributed by atoms with Gasteiger partial charge in [-0.25, -0.2) is 9.00 Å². The van der Waals surface area contributed by atoms with Gasteiger partial charge in [0.15, 0.2) is 11.0 Å². The van der Waals surface area contributed by atoms with Crippen LogP contribution in [0.15, 0.2) is 48.4 Å². The Hall–Kier alpha value is -3.37. The summed E-state index contributed by atoms with van der Waals surface area (Å²) in [6, 6.07) is 9.39. The maximum atomic E-state index is 12.7. The van der Waals surface area contributed by atoms with Crippen LogP contribution in [0.1, 0.15) is 27.0 Å². The molecular formula is C18H14N2O4S. The Bertz CT molecular complexity index is 928. The monoisotopic (exact) mass is 354 g/mol. The zero-order chi connectivity index (χ0) is 18.6. The molecule has 1 unspecified atom stereocenters. The maximum Gasteiger partial charge on any atom is 0.339 e. The largest absolute Gasteiger partial charge is 0.506 e. The van der Waals surface area contributed by atoms with Crippen molar-refractivity contribution in [1.82, 2.24) is 0 Å². The van der Waals surface area contributed by atoms with Crippen LogP contribution in [0, 0.1) is 11.3 Å². The van der Waals surface area contributed by atoms with Crippen molar-refractivity contribution in [3.8, 4) is 11.8 Å². The Morgan fingerprint density at radius 1 is 1.20 bits per heavy atom. The number of phenols is 1. The number of benzene rings is 2. The lowest BCUT2D eigenvalue weighted by molar-refractivity contribution is 0.0693. The van der Waals surface area contributed by atoms with Gasteiger partial charge in [0.25, 0.3) is 0 Å². The summed E-state index contributed by atoms with van der Waals surface area (Å²) in [5, 5.41) is 28.1. The van der Waals surface area contributed by atoms with E-state index in [1.54, 1.807) is 24.3 Å². The third kappa shape index (κ3) is 3.59. The highest BCUT2D eigenvalue weighted by Gasteiger charge is 2.21. The summed E-state index contributed by atoms with van der Waals surface area (Å²) in [4.78, 5) is 11.5. The summed E-state index contributed by atoms with van der Waals surface area (Å²) in [5.74, 6) is -1.82. The first-order valence-electron chi connectivity index (χ1n) is 6.99. The Kier molecular flexibility index (Phi) is 5.37. The first-order valence-corrected chi connectivity index (χ1v) is 8.14. The number of carboxylic acids is 1. The molecule has 0 aliphatic rings. The lowest BCUT2D eigenvalue weighted by Crippen LogP contribution is -2.10. The van der Waals surface area contributed by atoms with Crippen LogP contribution >= 0.6 is 0 Å². The number of anilines is 1. The van der Waals surface area contributed by atoms with Crippen LogP contribution in [0.4, 0.5) is 5.69 Å². The molecule has 1 atom stereocenters. The summed E-state index contributed by atoms with van der Waals surface area (Å²) >= 11 is 0. The lowest BCUT2D eigenvalue weighted by atomic mass is 10.0. The van der Waals surface area contributed by atoms with Gasteiger partial charge in [-0.05, 0) is 30.3 Å². The number of hydrogen-bond acceptors (Lipinski definition) is 4. The van der Waals surface area contributed by atoms with E-state index in [9.17, 15) is 19.2 Å². The van der Waals surface area contributed by atoms with Crippen molar-refractivity contribution >= 4 is 34.8 Å². The normalized spacial score (nSPS) is 11.2. The zero-order valence-electron chi connectivity index (χ0n) is 13.0. The quantitative estimate of drug-likeness (QED) is 0.736. The van der Waals surface area contributed by atoms with Crippen molar-refractivity contribution in [3.63, 3.8) is 0 Å². The molecule has 0 heterocycles. The molecule has 7 heteroatoms. The Morgan fingerprint density at radius 2 is 1.80 bits per heavy atom. The number of hydrogen-bond donors (Lipinski definition) is 3. The molecule has 0 aliphatic carbocycles. The van der Waals surface area contributed by atoms with Crippen molar-refractivity contribution in [2.45, 2.75) is 4.90 Å². The highest BCUT2D eigenvalue weighted by atomic mass is 32.2. The molecule has 126 valence electrons. The fraction of sp³-hybridized carbons (Fsp3) is 0. The van der Waals surface area contributed by atoms with E-state index in [1.807, 2.05) is 6.07 Å². The number of carbonyl (C=O) groups is 1. The number of rotatable bonds is 6. The Balaban J connectivity index is 2.52. The molecule has 0 fully saturated rings. The first kappa shape index (κ1) is 18.0. The van der Waals surface area contributed by atoms with Crippen molar-refractivity contribution in [3.05, 3.63) is 65.7 Å². The van der Waals surface area contributed by atoms with Gasteiger partial charge in [-0.3, -0.25) is 0 Å². The van der Waals surface area contributed by atoms with E-state index in [-0.39, 0.29) is 16.0 Å². The van der Waals surface area contributed by atoms with Crippen molar-refractivity contribution in [1.29, 1.82) is 5.26 Å². The van der Waals surface area contributed by atoms with Gasteiger partial charge in [-0.1, -0.05) is 25.3 Å². The van der Waals surface area contributed by atoms with E-state index < -0.39 is 22.7 Å². The summed E-state index contributed by atoms with van der Waals surface area (Å²) in [6.07, 6.45) is 2.65. The standard InChI is InChI=1S/C18H14N2O4S/c1-3-13-14(4-2)17(21)15(18(22)23)9-16(13)25(24)20-12-7-5-11(10-19)6-8-12/h3-9,20-21H,1-2H2,(H,22,23). The molecule has 6 nitrogen and oxygen atoms in total. The number of carboxylic acid groups (broad SMARTS) is 1. The van der Waals surface area contributed by atoms with Gasteiger partial charge < -0.3 is 14.9 Å². The van der Waals surface area contributed by atoms with E-state index in [4.69, 9.17) is 5.26 Å². The second kappa shape index (κ2) is 7.47. The number of nitrogens with one attached hydrogen (secondary N) is 1. The van der Waals surface area contributed by atoms with E-state index in [0.29, 0.717) is 16.8 Å². The number of aromatic hydroxyl groups is 1. The summed E-state index contributed by atoms with van der Waals surface area (Å²) in [6.45, 7) is 7.18. The third-order valence-electron chi connectivity index (χ3n) is 3.40. The molecule has 2 aromatic carbocycles. The molecule has 0 amide bonds. The topological polar surface area (TPSA) is 110 Å². The summed E-state index contributed by atoms with van der Waals surface area (Å²) in [5.41, 5.74) is 1.01. The van der Waals surface area contributed by atoms with E-state index in [2.05, 4.69) is 17.9 Å². The van der Waals surface area contributed by atoms with Crippen molar-refractivity contribution in [2.24, 2.45) is 0 Å². The Labute approximate surface area is 147 Å². The molecule has 25 heavy (non-hydrogen) atoms. The van der Waals surface area contributed by atoms with E-state index >= 15 is 0 Å². The van der Waals surface area contributed by atoms with Gasteiger partial charge in [0.05, 0.1) is 16.5 Å². The second-order valence-corrected chi connectivity index (χ2v) is 6.05. The van der Waals surface area contributed by atoms with Crippen LogP contribution in [0.3, 0.4) is 0 Å². The first-order chi connectivity index (χ1) is 11.9. The predicted molar refractivity (Wildman–Crippen MR) is 96.4 cm³/mol. The SMILES string of the molecule is C=Cc1c(S(=O)Nc2ccc(C#N)cc2)cc(C(=O)O)c(O)c1C=C. The number of aromatic carboxylic acids is 1. The maximum absolute atomic E-state index is 12.7. The molecule has 2 aromatic rings. The number of nitriles is 1. The fourth-order valence-corrected chi connectivity index (χ4v) is 3.27. The molecule has 0 spiro atoms. The average Bonchev–Trinajstić information content (AvgIpc) is 2.61. The minimum absolute atomic E-state index is 0.139. The Morgan fingerprint density at radius 3 is 2.28 bits per heavy atom. The molecule has 0 aliphatic heterocycles. The number of nitrogens with zero attached hydrogens (tertiary/aromatic N) is 1. The van der Waals surface area contributed by atoms with Crippen molar-refractivity contribution in [2.75, 3.05) is 4.72 Å². The van der Waals surface area contributed by atoms with Gasteiger partial charge in [-0.2, -0.15) is 5.26 Å². The highest BCUT2D eigenvalue weighted by Crippen LogP contribution is 2.33. The zero-order valence-corrected chi connectivity index (χ0v) is 13.8. The van der Waals surface area contributed by atoms with Crippen LogP contribution in [0.2, 0.25) is 0 Å². The highest BCUT2D eigenvalue weighted by molar-refractivity contribution is 7.86. The van der Waals surface area contributed by atoms with Crippen LogP contribution in [0.25, 0.3) is 12.2 Å².